The summed E-state index contributed by atoms with van der Waals surface area (Å²) in [6.45, 7) is 4.70. The molecule has 2 heterocycles. The Bertz CT molecular complexity index is 807. The largest absolute Gasteiger partial charge is 0.335 e. The van der Waals surface area contributed by atoms with Crippen molar-refractivity contribution in [2.75, 3.05) is 26.2 Å². The van der Waals surface area contributed by atoms with Crippen LogP contribution in [-0.4, -0.2) is 47.8 Å². The first kappa shape index (κ1) is 17.3. The van der Waals surface area contributed by atoms with Crippen molar-refractivity contribution >= 4 is 23.2 Å². The Morgan fingerprint density at radius 2 is 1.65 bits per heavy atom. The number of hydrogen-bond acceptors (Lipinski definition) is 3. The predicted molar refractivity (Wildman–Crippen MR) is 104 cm³/mol. The number of amides is 2. The maximum absolute atomic E-state index is 13.0. The van der Waals surface area contributed by atoms with Crippen LogP contribution in [0.25, 0.3) is 0 Å². The fourth-order valence-corrected chi connectivity index (χ4v) is 5.14. The monoisotopic (exact) mass is 368 g/mol. The number of benzene rings is 1. The molecule has 1 aromatic carbocycles. The maximum Gasteiger partial charge on any atom is 0.255 e. The highest BCUT2D eigenvalue weighted by molar-refractivity contribution is 7.10. The second-order valence-corrected chi connectivity index (χ2v) is 8.31. The number of piperazine rings is 1. The van der Waals surface area contributed by atoms with Gasteiger partial charge in [0.2, 0.25) is 0 Å². The first-order valence-electron chi connectivity index (χ1n) is 9.36. The molecule has 26 heavy (non-hydrogen) atoms. The lowest BCUT2D eigenvalue weighted by Gasteiger charge is -2.35. The minimum atomic E-state index is 0.0552. The van der Waals surface area contributed by atoms with Gasteiger partial charge in [-0.1, -0.05) is 25.1 Å². The van der Waals surface area contributed by atoms with Crippen molar-refractivity contribution in [3.63, 3.8) is 0 Å². The minimum Gasteiger partial charge on any atom is -0.335 e. The van der Waals surface area contributed by atoms with Crippen LogP contribution in [-0.2, 0) is 12.8 Å². The second-order valence-electron chi connectivity index (χ2n) is 7.35. The molecule has 1 fully saturated rings. The number of hydrogen-bond donors (Lipinski definition) is 0. The molecule has 0 spiro atoms. The van der Waals surface area contributed by atoms with E-state index in [0.29, 0.717) is 31.7 Å². The van der Waals surface area contributed by atoms with E-state index in [0.717, 1.165) is 24.3 Å². The average molecular weight is 369 g/mol. The maximum atomic E-state index is 13.0. The van der Waals surface area contributed by atoms with Crippen LogP contribution in [0.1, 0.15) is 44.5 Å². The van der Waals surface area contributed by atoms with Crippen LogP contribution in [0.15, 0.2) is 35.7 Å². The molecule has 136 valence electrons. The molecule has 4 nitrogen and oxygen atoms in total. The van der Waals surface area contributed by atoms with Gasteiger partial charge in [-0.15, -0.1) is 11.3 Å². The lowest BCUT2D eigenvalue weighted by Crippen LogP contribution is -2.50. The molecule has 4 rings (SSSR count). The van der Waals surface area contributed by atoms with Crippen LogP contribution in [0.4, 0.5) is 0 Å². The number of fused-ring (bicyclic) bond motifs is 1. The van der Waals surface area contributed by atoms with Crippen molar-refractivity contribution in [3.05, 3.63) is 57.3 Å². The molecule has 1 aliphatic heterocycles. The summed E-state index contributed by atoms with van der Waals surface area (Å²) in [6.07, 6.45) is 3.30. The highest BCUT2D eigenvalue weighted by atomic mass is 32.1. The average Bonchev–Trinajstić information content (AvgIpc) is 3.10. The molecule has 0 radical (unpaired) electrons. The molecule has 0 N–H and O–H groups in total. The summed E-state index contributed by atoms with van der Waals surface area (Å²) in [5.41, 5.74) is 2.90. The van der Waals surface area contributed by atoms with Crippen molar-refractivity contribution in [2.24, 2.45) is 5.92 Å². The van der Waals surface area contributed by atoms with Gasteiger partial charge in [-0.3, -0.25) is 9.59 Å². The third kappa shape index (κ3) is 3.28. The molecule has 2 amide bonds. The molecule has 1 aromatic heterocycles. The normalized spacial score (nSPS) is 20.0. The van der Waals surface area contributed by atoms with Gasteiger partial charge in [-0.2, -0.15) is 0 Å². The number of rotatable bonds is 2. The van der Waals surface area contributed by atoms with Gasteiger partial charge in [0.15, 0.2) is 0 Å². The number of thiophene rings is 1. The van der Waals surface area contributed by atoms with Gasteiger partial charge in [0, 0.05) is 42.0 Å². The third-order valence-electron chi connectivity index (χ3n) is 5.51. The molecule has 0 saturated carbocycles. The van der Waals surface area contributed by atoms with E-state index in [-0.39, 0.29) is 11.8 Å². The van der Waals surface area contributed by atoms with Crippen molar-refractivity contribution in [2.45, 2.75) is 26.2 Å². The topological polar surface area (TPSA) is 40.6 Å². The Labute approximate surface area is 158 Å². The second kappa shape index (κ2) is 7.23. The number of carbonyl (C=O) groups excluding carboxylic acids is 2. The van der Waals surface area contributed by atoms with E-state index in [1.54, 1.807) is 11.3 Å². The fourth-order valence-electron chi connectivity index (χ4n) is 3.90. The van der Waals surface area contributed by atoms with Gasteiger partial charge >= 0.3 is 0 Å². The van der Waals surface area contributed by atoms with E-state index in [4.69, 9.17) is 0 Å². The van der Waals surface area contributed by atoms with Gasteiger partial charge < -0.3 is 9.80 Å². The predicted octanol–water partition coefficient (Wildman–Crippen LogP) is 3.47. The van der Waals surface area contributed by atoms with E-state index in [2.05, 4.69) is 6.92 Å². The lowest BCUT2D eigenvalue weighted by molar-refractivity contribution is 0.0535. The van der Waals surface area contributed by atoms with E-state index >= 15 is 0 Å². The molecule has 0 bridgehead atoms. The van der Waals surface area contributed by atoms with Crippen LogP contribution < -0.4 is 0 Å². The fraction of sp³-hybridized carbons (Fsp3) is 0.429. The Hall–Kier alpha value is -2.14. The van der Waals surface area contributed by atoms with Crippen molar-refractivity contribution < 1.29 is 9.59 Å². The lowest BCUT2D eigenvalue weighted by atomic mass is 9.88. The van der Waals surface area contributed by atoms with Crippen LogP contribution in [0.5, 0.6) is 0 Å². The van der Waals surface area contributed by atoms with Crippen molar-refractivity contribution in [3.8, 4) is 0 Å². The van der Waals surface area contributed by atoms with Gasteiger partial charge in [0.25, 0.3) is 11.8 Å². The summed E-state index contributed by atoms with van der Waals surface area (Å²) in [6, 6.07) is 9.37. The zero-order chi connectivity index (χ0) is 18.1. The number of nitrogens with zero attached hydrogens (tertiary/aromatic N) is 2. The Balaban J connectivity index is 1.41. The van der Waals surface area contributed by atoms with E-state index in [1.165, 1.54) is 16.9 Å². The molecule has 5 heteroatoms. The van der Waals surface area contributed by atoms with Crippen LogP contribution >= 0.6 is 11.3 Å². The summed E-state index contributed by atoms with van der Waals surface area (Å²) in [5.74, 6) is 0.917. The molecule has 1 atom stereocenters. The summed E-state index contributed by atoms with van der Waals surface area (Å²) >= 11 is 1.74. The van der Waals surface area contributed by atoms with Crippen LogP contribution in [0.3, 0.4) is 0 Å². The summed E-state index contributed by atoms with van der Waals surface area (Å²) in [5, 5.41) is 2.05. The third-order valence-corrected chi connectivity index (χ3v) is 6.56. The van der Waals surface area contributed by atoms with Gasteiger partial charge in [0.05, 0.1) is 5.56 Å². The Kier molecular flexibility index (Phi) is 4.81. The van der Waals surface area contributed by atoms with Crippen LogP contribution in [0.2, 0.25) is 0 Å². The molecule has 0 unspecified atom stereocenters. The van der Waals surface area contributed by atoms with Crippen molar-refractivity contribution in [1.82, 2.24) is 9.80 Å². The van der Waals surface area contributed by atoms with Gasteiger partial charge in [-0.05, 0) is 42.9 Å². The first-order valence-corrected chi connectivity index (χ1v) is 10.2. The van der Waals surface area contributed by atoms with Crippen LogP contribution in [0, 0.1) is 5.92 Å². The van der Waals surface area contributed by atoms with E-state index in [9.17, 15) is 9.59 Å². The van der Waals surface area contributed by atoms with Gasteiger partial charge in [0.1, 0.15) is 0 Å². The molecule has 2 aromatic rings. The summed E-state index contributed by atoms with van der Waals surface area (Å²) in [7, 11) is 0. The van der Waals surface area contributed by atoms with Gasteiger partial charge in [-0.25, -0.2) is 0 Å². The zero-order valence-electron chi connectivity index (χ0n) is 15.1. The Morgan fingerprint density at radius 1 is 1.00 bits per heavy atom. The van der Waals surface area contributed by atoms with Crippen molar-refractivity contribution in [1.29, 1.82) is 0 Å². The standard InChI is InChI=1S/C21H24N2O2S/c1-15-7-8-17-18(14-26-19(17)13-15)21(25)23-11-9-22(10-12-23)20(24)16-5-3-2-4-6-16/h2-6,14-15H,7-13H2,1H3/t15-/m0/s1. The van der Waals surface area contributed by atoms with E-state index < -0.39 is 0 Å². The number of carbonyl (C=O) groups is 2. The zero-order valence-corrected chi connectivity index (χ0v) is 15.9. The molecule has 1 saturated heterocycles. The highest BCUT2D eigenvalue weighted by Crippen LogP contribution is 2.33. The highest BCUT2D eigenvalue weighted by Gasteiger charge is 2.29. The SMILES string of the molecule is C[C@H]1CCc2c(C(=O)N3CCN(C(=O)c4ccccc4)CC3)csc2C1. The first-order chi connectivity index (χ1) is 12.6. The quantitative estimate of drug-likeness (QED) is 0.814. The molecule has 1 aliphatic carbocycles. The molecular weight excluding hydrogens is 344 g/mol. The van der Waals surface area contributed by atoms with E-state index in [1.807, 2.05) is 45.5 Å². The summed E-state index contributed by atoms with van der Waals surface area (Å²) < 4.78 is 0. The molecular formula is C21H24N2O2S. The summed E-state index contributed by atoms with van der Waals surface area (Å²) in [4.78, 5) is 30.7. The Morgan fingerprint density at radius 3 is 2.35 bits per heavy atom. The molecule has 2 aliphatic rings. The minimum absolute atomic E-state index is 0.0552. The smallest absolute Gasteiger partial charge is 0.255 e.